The third-order valence-electron chi connectivity index (χ3n) is 1.96. The molecule has 0 aromatic heterocycles. The van der Waals surface area contributed by atoms with Gasteiger partial charge in [0.1, 0.15) is 0 Å². The molecule has 0 saturated heterocycles. The molecule has 65 valence electrons. The summed E-state index contributed by atoms with van der Waals surface area (Å²) in [6, 6.07) is 8.15. The summed E-state index contributed by atoms with van der Waals surface area (Å²) >= 11 is 0. The summed E-state index contributed by atoms with van der Waals surface area (Å²) < 4.78 is 0. The van der Waals surface area contributed by atoms with Gasteiger partial charge in [-0.15, -0.1) is 0 Å². The lowest BCUT2D eigenvalue weighted by Gasteiger charge is -2.02. The van der Waals surface area contributed by atoms with Crippen molar-refractivity contribution in [2.45, 2.75) is 0 Å². The Hall–Kier alpha value is -1.90. The van der Waals surface area contributed by atoms with Crippen LogP contribution in [0.4, 0.5) is 0 Å². The van der Waals surface area contributed by atoms with Gasteiger partial charge in [0.2, 0.25) is 11.5 Å². The van der Waals surface area contributed by atoms with Crippen LogP contribution in [0, 0.1) is 0 Å². The van der Waals surface area contributed by atoms with Gasteiger partial charge >= 0.3 is 0 Å². The largest absolute Gasteiger partial charge is 0.504 e. The molecule has 0 aliphatic carbocycles. The molecule has 0 bridgehead atoms. The molecule has 13 heavy (non-hydrogen) atoms. The van der Waals surface area contributed by atoms with Crippen molar-refractivity contribution in [2.24, 2.45) is 0 Å². The Morgan fingerprint density at radius 2 is 1.77 bits per heavy atom. The number of aromatic hydroxyl groups is 2. The maximum absolute atomic E-state index is 11.3. The summed E-state index contributed by atoms with van der Waals surface area (Å²) in [6.45, 7) is 0. The summed E-state index contributed by atoms with van der Waals surface area (Å²) in [5.41, 5.74) is 0. The number of phenols is 2. The van der Waals surface area contributed by atoms with E-state index in [1.54, 1.807) is 24.3 Å². The Labute approximate surface area is 74.5 Å². The van der Waals surface area contributed by atoms with Gasteiger partial charge in [0, 0.05) is 5.39 Å². The second kappa shape index (κ2) is 2.55. The van der Waals surface area contributed by atoms with Crippen molar-refractivity contribution < 1.29 is 15.3 Å². The Morgan fingerprint density at radius 1 is 1.08 bits per heavy atom. The van der Waals surface area contributed by atoms with Crippen molar-refractivity contribution in [2.75, 3.05) is 0 Å². The van der Waals surface area contributed by atoms with Crippen molar-refractivity contribution in [3.8, 4) is 17.2 Å². The first-order valence-electron chi connectivity index (χ1n) is 3.81. The van der Waals surface area contributed by atoms with Gasteiger partial charge in [-0.05, 0) is 11.5 Å². The molecule has 1 radical (unpaired) electrons. The van der Waals surface area contributed by atoms with Crippen molar-refractivity contribution in [1.82, 2.24) is 0 Å². The van der Waals surface area contributed by atoms with E-state index in [1.165, 1.54) is 6.07 Å². The molecule has 0 amide bonds. The van der Waals surface area contributed by atoms with Crippen molar-refractivity contribution in [3.05, 3.63) is 30.3 Å². The zero-order valence-corrected chi connectivity index (χ0v) is 6.69. The van der Waals surface area contributed by atoms with Gasteiger partial charge in [-0.2, -0.15) is 0 Å². The standard InChI is InChI=1S/C10H7O3/c11-8-5-6-3-1-2-4-7(6)9(12)10(8)13/h1-5,11,13H. The highest BCUT2D eigenvalue weighted by Crippen LogP contribution is 2.41. The molecule has 3 nitrogen and oxygen atoms in total. The van der Waals surface area contributed by atoms with Gasteiger partial charge in [-0.25, -0.2) is 0 Å². The summed E-state index contributed by atoms with van der Waals surface area (Å²) in [4.78, 5) is 0. The molecule has 0 unspecified atom stereocenters. The topological polar surface area (TPSA) is 60.4 Å². The molecule has 3 heteroatoms. The van der Waals surface area contributed by atoms with E-state index in [1.807, 2.05) is 0 Å². The average Bonchev–Trinajstić information content (AvgIpc) is 2.15. The predicted molar refractivity (Wildman–Crippen MR) is 47.4 cm³/mol. The SMILES string of the molecule is [O]c1c(O)c(O)cc2ccccc12. The summed E-state index contributed by atoms with van der Waals surface area (Å²) in [5.74, 6) is -1.49. The van der Waals surface area contributed by atoms with Crippen molar-refractivity contribution in [3.63, 3.8) is 0 Å². The third-order valence-corrected chi connectivity index (χ3v) is 1.96. The molecule has 2 aromatic carbocycles. The predicted octanol–water partition coefficient (Wildman–Crippen LogP) is 2.39. The molecular formula is C10H7O3. The molecule has 0 aliphatic heterocycles. The van der Waals surface area contributed by atoms with E-state index in [-0.39, 0.29) is 5.75 Å². The van der Waals surface area contributed by atoms with Crippen LogP contribution < -0.4 is 0 Å². The molecule has 0 spiro atoms. The minimum Gasteiger partial charge on any atom is -0.504 e. The average molecular weight is 175 g/mol. The molecule has 2 N–H and O–H groups in total. The van der Waals surface area contributed by atoms with Crippen LogP contribution in [0.2, 0.25) is 0 Å². The fraction of sp³-hybridized carbons (Fsp3) is 0. The van der Waals surface area contributed by atoms with Gasteiger partial charge in [-0.1, -0.05) is 24.3 Å². The first-order valence-corrected chi connectivity index (χ1v) is 3.81. The van der Waals surface area contributed by atoms with Gasteiger partial charge in [0.05, 0.1) is 0 Å². The lowest BCUT2D eigenvalue weighted by molar-refractivity contribution is 0.318. The fourth-order valence-electron chi connectivity index (χ4n) is 1.29. The number of hydrogen-bond acceptors (Lipinski definition) is 2. The smallest absolute Gasteiger partial charge is 0.231 e. The number of phenolic OH excluding ortho intramolecular Hbond substituents is 2. The van der Waals surface area contributed by atoms with E-state index >= 15 is 0 Å². The lowest BCUT2D eigenvalue weighted by Crippen LogP contribution is -1.75. The van der Waals surface area contributed by atoms with Crippen LogP contribution >= 0.6 is 0 Å². The van der Waals surface area contributed by atoms with Gasteiger partial charge < -0.3 is 10.2 Å². The highest BCUT2D eigenvalue weighted by atomic mass is 16.3. The second-order valence-corrected chi connectivity index (χ2v) is 2.79. The Balaban J connectivity index is 2.94. The first kappa shape index (κ1) is 7.73. The van der Waals surface area contributed by atoms with E-state index in [2.05, 4.69) is 0 Å². The Bertz CT molecular complexity index is 463. The maximum atomic E-state index is 11.3. The van der Waals surface area contributed by atoms with Gasteiger partial charge in [-0.3, -0.25) is 5.11 Å². The molecule has 0 fully saturated rings. The minimum atomic E-state index is -0.585. The minimum absolute atomic E-state index is 0.372. The third kappa shape index (κ3) is 1.05. The van der Waals surface area contributed by atoms with Crippen LogP contribution in [-0.2, 0) is 5.11 Å². The van der Waals surface area contributed by atoms with E-state index in [0.717, 1.165) is 0 Å². The van der Waals surface area contributed by atoms with Crippen LogP contribution in [0.5, 0.6) is 17.2 Å². The highest BCUT2D eigenvalue weighted by molar-refractivity contribution is 5.92. The quantitative estimate of drug-likeness (QED) is 0.604. The highest BCUT2D eigenvalue weighted by Gasteiger charge is 2.11. The van der Waals surface area contributed by atoms with Crippen LogP contribution in [-0.4, -0.2) is 10.2 Å². The van der Waals surface area contributed by atoms with E-state index < -0.39 is 11.5 Å². The van der Waals surface area contributed by atoms with E-state index in [4.69, 9.17) is 10.2 Å². The number of hydrogen-bond donors (Lipinski definition) is 2. The van der Waals surface area contributed by atoms with E-state index in [9.17, 15) is 5.11 Å². The fourth-order valence-corrected chi connectivity index (χ4v) is 1.29. The second-order valence-electron chi connectivity index (χ2n) is 2.79. The normalized spacial score (nSPS) is 10.5. The van der Waals surface area contributed by atoms with Crippen molar-refractivity contribution >= 4 is 10.8 Å². The molecular weight excluding hydrogens is 168 g/mol. The molecule has 0 saturated carbocycles. The number of rotatable bonds is 0. The summed E-state index contributed by atoms with van der Waals surface area (Å²) in [6.07, 6.45) is 0. The first-order chi connectivity index (χ1) is 6.20. The molecule has 2 rings (SSSR count). The zero-order chi connectivity index (χ0) is 9.42. The number of fused-ring (bicyclic) bond motifs is 1. The lowest BCUT2D eigenvalue weighted by atomic mass is 10.1. The monoisotopic (exact) mass is 175 g/mol. The molecule has 0 heterocycles. The number of benzene rings is 2. The van der Waals surface area contributed by atoms with Crippen LogP contribution in [0.15, 0.2) is 30.3 Å². The van der Waals surface area contributed by atoms with E-state index in [0.29, 0.717) is 10.8 Å². The zero-order valence-electron chi connectivity index (χ0n) is 6.69. The Morgan fingerprint density at radius 3 is 2.54 bits per heavy atom. The molecule has 2 aromatic rings. The summed E-state index contributed by atoms with van der Waals surface area (Å²) in [5, 5.41) is 30.7. The van der Waals surface area contributed by atoms with Crippen LogP contribution in [0.3, 0.4) is 0 Å². The molecule has 0 atom stereocenters. The van der Waals surface area contributed by atoms with Gasteiger partial charge in [0.25, 0.3) is 0 Å². The maximum Gasteiger partial charge on any atom is 0.231 e. The Kier molecular flexibility index (Phi) is 1.52. The van der Waals surface area contributed by atoms with Crippen molar-refractivity contribution in [1.29, 1.82) is 0 Å². The van der Waals surface area contributed by atoms with Crippen LogP contribution in [0.1, 0.15) is 0 Å². The van der Waals surface area contributed by atoms with Crippen LogP contribution in [0.25, 0.3) is 10.8 Å². The molecule has 0 aliphatic rings. The van der Waals surface area contributed by atoms with Gasteiger partial charge in [0.15, 0.2) is 5.75 Å². The summed E-state index contributed by atoms with van der Waals surface area (Å²) in [7, 11) is 0.